The molecule has 1 heterocycles. The van der Waals surface area contributed by atoms with Crippen LogP contribution in [0.1, 0.15) is 43.0 Å². The Labute approximate surface area is 139 Å². The topological polar surface area (TPSA) is 32.8 Å². The number of nitrogens with zero attached hydrogens (tertiary/aromatic N) is 2. The van der Waals surface area contributed by atoms with Crippen LogP contribution in [0.4, 0.5) is 0 Å². The third-order valence-corrected chi connectivity index (χ3v) is 5.47. The summed E-state index contributed by atoms with van der Waals surface area (Å²) < 4.78 is 5.15. The van der Waals surface area contributed by atoms with E-state index in [1.807, 2.05) is 29.2 Å². The second-order valence-corrected chi connectivity index (χ2v) is 6.89. The number of carbonyl (C=O) groups is 1. The van der Waals surface area contributed by atoms with Gasteiger partial charge in [-0.15, -0.1) is 0 Å². The van der Waals surface area contributed by atoms with Crippen molar-refractivity contribution in [3.05, 3.63) is 29.8 Å². The summed E-state index contributed by atoms with van der Waals surface area (Å²) in [6, 6.07) is 8.15. The van der Waals surface area contributed by atoms with Crippen LogP contribution in [0, 0.1) is 5.92 Å². The van der Waals surface area contributed by atoms with Gasteiger partial charge >= 0.3 is 0 Å². The molecule has 0 aromatic heterocycles. The summed E-state index contributed by atoms with van der Waals surface area (Å²) in [7, 11) is 1.64. The quantitative estimate of drug-likeness (QED) is 0.859. The Bertz CT molecular complexity index is 521. The molecule has 1 saturated carbocycles. The fourth-order valence-electron chi connectivity index (χ4n) is 4.01. The number of piperazine rings is 1. The van der Waals surface area contributed by atoms with E-state index in [4.69, 9.17) is 4.74 Å². The average molecular weight is 316 g/mol. The van der Waals surface area contributed by atoms with Crippen LogP contribution in [0.5, 0.6) is 5.75 Å². The minimum Gasteiger partial charge on any atom is -0.497 e. The van der Waals surface area contributed by atoms with Crippen LogP contribution < -0.4 is 4.74 Å². The van der Waals surface area contributed by atoms with Crippen LogP contribution >= 0.6 is 0 Å². The molecule has 0 unspecified atom stereocenters. The molecule has 2 fully saturated rings. The maximum atomic E-state index is 12.6. The van der Waals surface area contributed by atoms with Gasteiger partial charge in [-0.05, 0) is 43.0 Å². The molecule has 0 bridgehead atoms. The highest BCUT2D eigenvalue weighted by atomic mass is 16.5. The van der Waals surface area contributed by atoms with Gasteiger partial charge in [0.25, 0.3) is 5.91 Å². The van der Waals surface area contributed by atoms with Crippen LogP contribution in [0.15, 0.2) is 24.3 Å². The van der Waals surface area contributed by atoms with E-state index in [0.29, 0.717) is 0 Å². The number of methoxy groups -OCH3 is 1. The van der Waals surface area contributed by atoms with Crippen LogP contribution in [-0.4, -0.2) is 55.0 Å². The molecule has 2 atom stereocenters. The number of hydrogen-bond acceptors (Lipinski definition) is 3. The summed E-state index contributed by atoms with van der Waals surface area (Å²) in [6.45, 7) is 6.09. The predicted octanol–water partition coefficient (Wildman–Crippen LogP) is 3.03. The molecule has 4 heteroatoms. The summed E-state index contributed by atoms with van der Waals surface area (Å²) in [5.41, 5.74) is 0.755. The van der Waals surface area contributed by atoms with E-state index < -0.39 is 0 Å². The van der Waals surface area contributed by atoms with Crippen molar-refractivity contribution in [3.8, 4) is 5.75 Å². The lowest BCUT2D eigenvalue weighted by atomic mass is 9.84. The largest absolute Gasteiger partial charge is 0.497 e. The van der Waals surface area contributed by atoms with Gasteiger partial charge in [0.15, 0.2) is 0 Å². The number of rotatable bonds is 3. The number of benzene rings is 1. The highest BCUT2D eigenvalue weighted by Crippen LogP contribution is 2.28. The van der Waals surface area contributed by atoms with Crippen molar-refractivity contribution in [2.45, 2.75) is 38.6 Å². The van der Waals surface area contributed by atoms with Gasteiger partial charge in [0.05, 0.1) is 7.11 Å². The SMILES string of the molecule is COc1ccc(C(=O)N2CCN([C@@H]3CCCC[C@@H]3C)CC2)cc1. The van der Waals surface area contributed by atoms with Crippen molar-refractivity contribution in [1.82, 2.24) is 9.80 Å². The lowest BCUT2D eigenvalue weighted by Crippen LogP contribution is -2.53. The van der Waals surface area contributed by atoms with Gasteiger partial charge in [-0.25, -0.2) is 0 Å². The van der Waals surface area contributed by atoms with Crippen LogP contribution in [0.2, 0.25) is 0 Å². The first kappa shape index (κ1) is 16.3. The van der Waals surface area contributed by atoms with Crippen molar-refractivity contribution in [1.29, 1.82) is 0 Å². The van der Waals surface area contributed by atoms with Crippen molar-refractivity contribution >= 4 is 5.91 Å². The Balaban J connectivity index is 1.56. The van der Waals surface area contributed by atoms with Gasteiger partial charge in [-0.2, -0.15) is 0 Å². The molecule has 1 aliphatic carbocycles. The number of hydrogen-bond donors (Lipinski definition) is 0. The van der Waals surface area contributed by atoms with Crippen molar-refractivity contribution in [2.75, 3.05) is 33.3 Å². The van der Waals surface area contributed by atoms with E-state index in [1.54, 1.807) is 7.11 Å². The Morgan fingerprint density at radius 1 is 1.04 bits per heavy atom. The van der Waals surface area contributed by atoms with Crippen LogP contribution in [0.25, 0.3) is 0 Å². The maximum absolute atomic E-state index is 12.6. The molecule has 3 rings (SSSR count). The molecule has 1 amide bonds. The van der Waals surface area contributed by atoms with Gasteiger partial charge in [0, 0.05) is 37.8 Å². The zero-order chi connectivity index (χ0) is 16.2. The molecule has 23 heavy (non-hydrogen) atoms. The first-order chi connectivity index (χ1) is 11.2. The normalized spacial score (nSPS) is 26.1. The third-order valence-electron chi connectivity index (χ3n) is 5.47. The first-order valence-electron chi connectivity index (χ1n) is 8.86. The number of carbonyl (C=O) groups excluding carboxylic acids is 1. The van der Waals surface area contributed by atoms with E-state index in [2.05, 4.69) is 11.8 Å². The Hall–Kier alpha value is -1.55. The Morgan fingerprint density at radius 3 is 2.30 bits per heavy atom. The standard InChI is InChI=1S/C19H28N2O2/c1-15-5-3-4-6-18(15)20-11-13-21(14-12-20)19(22)16-7-9-17(23-2)10-8-16/h7-10,15,18H,3-6,11-14H2,1-2H3/t15-,18+/m0/s1. The van der Waals surface area contributed by atoms with Crippen LogP contribution in [-0.2, 0) is 0 Å². The second kappa shape index (κ2) is 7.35. The number of ether oxygens (including phenoxy) is 1. The minimum atomic E-state index is 0.143. The molecular weight excluding hydrogens is 288 g/mol. The molecule has 1 saturated heterocycles. The summed E-state index contributed by atoms with van der Waals surface area (Å²) in [6.07, 6.45) is 5.43. The van der Waals surface area contributed by atoms with E-state index >= 15 is 0 Å². The van der Waals surface area contributed by atoms with Gasteiger partial charge in [0.2, 0.25) is 0 Å². The molecule has 126 valence electrons. The van der Waals surface area contributed by atoms with Gasteiger partial charge in [-0.1, -0.05) is 19.8 Å². The summed E-state index contributed by atoms with van der Waals surface area (Å²) in [4.78, 5) is 17.2. The molecule has 1 aromatic carbocycles. The molecule has 0 radical (unpaired) electrons. The van der Waals surface area contributed by atoms with E-state index in [9.17, 15) is 4.79 Å². The zero-order valence-corrected chi connectivity index (χ0v) is 14.3. The van der Waals surface area contributed by atoms with E-state index in [0.717, 1.165) is 49.5 Å². The summed E-state index contributed by atoms with van der Waals surface area (Å²) in [5, 5.41) is 0. The van der Waals surface area contributed by atoms with Crippen molar-refractivity contribution < 1.29 is 9.53 Å². The minimum absolute atomic E-state index is 0.143. The zero-order valence-electron chi connectivity index (χ0n) is 14.3. The summed E-state index contributed by atoms with van der Waals surface area (Å²) in [5.74, 6) is 1.73. The van der Waals surface area contributed by atoms with Gasteiger partial charge < -0.3 is 9.64 Å². The van der Waals surface area contributed by atoms with E-state index in [1.165, 1.54) is 25.7 Å². The highest BCUT2D eigenvalue weighted by molar-refractivity contribution is 5.94. The Kier molecular flexibility index (Phi) is 5.21. The lowest BCUT2D eigenvalue weighted by Gasteiger charge is -2.43. The predicted molar refractivity (Wildman–Crippen MR) is 91.9 cm³/mol. The van der Waals surface area contributed by atoms with Gasteiger partial charge in [-0.3, -0.25) is 9.69 Å². The average Bonchev–Trinajstić information content (AvgIpc) is 2.62. The molecule has 1 aliphatic heterocycles. The smallest absolute Gasteiger partial charge is 0.253 e. The Morgan fingerprint density at radius 2 is 1.70 bits per heavy atom. The highest BCUT2D eigenvalue weighted by Gasteiger charge is 2.30. The monoisotopic (exact) mass is 316 g/mol. The third kappa shape index (κ3) is 3.69. The first-order valence-corrected chi connectivity index (χ1v) is 8.86. The molecule has 0 N–H and O–H groups in total. The molecule has 1 aromatic rings. The maximum Gasteiger partial charge on any atom is 0.253 e. The molecule has 0 spiro atoms. The van der Waals surface area contributed by atoms with Crippen molar-refractivity contribution in [3.63, 3.8) is 0 Å². The van der Waals surface area contributed by atoms with Crippen molar-refractivity contribution in [2.24, 2.45) is 5.92 Å². The van der Waals surface area contributed by atoms with Gasteiger partial charge in [0.1, 0.15) is 5.75 Å². The fourth-order valence-corrected chi connectivity index (χ4v) is 4.01. The van der Waals surface area contributed by atoms with E-state index in [-0.39, 0.29) is 5.91 Å². The summed E-state index contributed by atoms with van der Waals surface area (Å²) >= 11 is 0. The molecule has 2 aliphatic rings. The molecule has 4 nitrogen and oxygen atoms in total. The lowest BCUT2D eigenvalue weighted by molar-refractivity contribution is 0.0423. The number of amides is 1. The van der Waals surface area contributed by atoms with Crippen LogP contribution in [0.3, 0.4) is 0 Å². The molecular formula is C19H28N2O2. The second-order valence-electron chi connectivity index (χ2n) is 6.89. The fraction of sp³-hybridized carbons (Fsp3) is 0.632.